The molecule has 0 atom stereocenters. The summed E-state index contributed by atoms with van der Waals surface area (Å²) in [6.07, 6.45) is 0. The van der Waals surface area contributed by atoms with Crippen LogP contribution in [0.4, 0.5) is 5.69 Å². The molecule has 0 fully saturated rings. The molecule has 5 heteroatoms. The SMILES string of the molecule is COc1cccc(-c2nnc(CN(C)c3ccccc3)o2)c1. The predicted molar refractivity (Wildman–Crippen MR) is 84.8 cm³/mol. The van der Waals surface area contributed by atoms with Gasteiger partial charge in [-0.1, -0.05) is 24.3 Å². The lowest BCUT2D eigenvalue weighted by Crippen LogP contribution is -2.16. The van der Waals surface area contributed by atoms with E-state index in [1.165, 1.54) is 0 Å². The van der Waals surface area contributed by atoms with Gasteiger partial charge in [-0.05, 0) is 30.3 Å². The molecule has 1 aromatic heterocycles. The lowest BCUT2D eigenvalue weighted by molar-refractivity contribution is 0.414. The van der Waals surface area contributed by atoms with E-state index in [2.05, 4.69) is 15.1 Å². The molecule has 0 bridgehead atoms. The van der Waals surface area contributed by atoms with E-state index in [9.17, 15) is 0 Å². The van der Waals surface area contributed by atoms with E-state index in [-0.39, 0.29) is 0 Å². The van der Waals surface area contributed by atoms with E-state index >= 15 is 0 Å². The molecule has 2 aromatic carbocycles. The van der Waals surface area contributed by atoms with Gasteiger partial charge in [-0.25, -0.2) is 0 Å². The van der Waals surface area contributed by atoms with E-state index in [1.807, 2.05) is 61.6 Å². The molecule has 5 nitrogen and oxygen atoms in total. The molecule has 0 unspecified atom stereocenters. The van der Waals surface area contributed by atoms with Crippen LogP contribution in [0.1, 0.15) is 5.89 Å². The zero-order chi connectivity index (χ0) is 15.4. The first-order chi connectivity index (χ1) is 10.8. The van der Waals surface area contributed by atoms with E-state index in [0.717, 1.165) is 17.0 Å². The molecule has 112 valence electrons. The zero-order valence-electron chi connectivity index (χ0n) is 12.6. The fourth-order valence-corrected chi connectivity index (χ4v) is 2.17. The van der Waals surface area contributed by atoms with Crippen LogP contribution in [0, 0.1) is 0 Å². The Bertz CT molecular complexity index is 740. The molecule has 0 aliphatic rings. The fraction of sp³-hybridized carbons (Fsp3) is 0.176. The van der Waals surface area contributed by atoms with Crippen LogP contribution in [0.3, 0.4) is 0 Å². The molecule has 0 spiro atoms. The molecular weight excluding hydrogens is 278 g/mol. The Morgan fingerprint density at radius 1 is 1.05 bits per heavy atom. The van der Waals surface area contributed by atoms with E-state index in [0.29, 0.717) is 18.3 Å². The molecule has 0 radical (unpaired) electrons. The number of aromatic nitrogens is 2. The molecular formula is C17H17N3O2. The molecule has 22 heavy (non-hydrogen) atoms. The second-order valence-electron chi connectivity index (χ2n) is 4.92. The van der Waals surface area contributed by atoms with Gasteiger partial charge in [0.15, 0.2) is 0 Å². The number of benzene rings is 2. The van der Waals surface area contributed by atoms with Crippen LogP contribution < -0.4 is 9.64 Å². The van der Waals surface area contributed by atoms with Crippen LogP contribution >= 0.6 is 0 Å². The van der Waals surface area contributed by atoms with Crippen LogP contribution in [0.15, 0.2) is 59.0 Å². The maximum atomic E-state index is 5.74. The van der Waals surface area contributed by atoms with Gasteiger partial charge in [-0.3, -0.25) is 0 Å². The van der Waals surface area contributed by atoms with E-state index in [1.54, 1.807) is 7.11 Å². The van der Waals surface area contributed by atoms with Gasteiger partial charge in [0.2, 0.25) is 11.8 Å². The second kappa shape index (κ2) is 6.30. The van der Waals surface area contributed by atoms with Gasteiger partial charge in [-0.2, -0.15) is 0 Å². The third-order valence-electron chi connectivity index (χ3n) is 3.35. The van der Waals surface area contributed by atoms with Gasteiger partial charge in [0.05, 0.1) is 13.7 Å². The summed E-state index contributed by atoms with van der Waals surface area (Å²) >= 11 is 0. The molecule has 1 heterocycles. The summed E-state index contributed by atoms with van der Waals surface area (Å²) in [5.74, 6) is 1.83. The van der Waals surface area contributed by atoms with Crippen molar-refractivity contribution in [3.8, 4) is 17.2 Å². The summed E-state index contributed by atoms with van der Waals surface area (Å²) in [4.78, 5) is 2.06. The first-order valence-electron chi connectivity index (χ1n) is 6.99. The Hall–Kier alpha value is -2.82. The van der Waals surface area contributed by atoms with Crippen LogP contribution in [0.5, 0.6) is 5.75 Å². The average Bonchev–Trinajstić information content (AvgIpc) is 3.04. The van der Waals surface area contributed by atoms with Crippen molar-refractivity contribution in [3.05, 3.63) is 60.5 Å². The van der Waals surface area contributed by atoms with E-state index < -0.39 is 0 Å². The minimum absolute atomic E-state index is 0.496. The van der Waals surface area contributed by atoms with Crippen molar-refractivity contribution in [2.75, 3.05) is 19.1 Å². The number of hydrogen-bond acceptors (Lipinski definition) is 5. The van der Waals surface area contributed by atoms with Crippen molar-refractivity contribution in [2.45, 2.75) is 6.54 Å². The molecule has 0 aliphatic carbocycles. The summed E-state index contributed by atoms with van der Waals surface area (Å²) in [5.41, 5.74) is 1.95. The Kier molecular flexibility index (Phi) is 4.05. The largest absolute Gasteiger partial charge is 0.497 e. The van der Waals surface area contributed by atoms with Crippen molar-refractivity contribution in [1.82, 2.24) is 10.2 Å². The standard InChI is InChI=1S/C17H17N3O2/c1-20(14-8-4-3-5-9-14)12-16-18-19-17(22-16)13-7-6-10-15(11-13)21-2/h3-11H,12H2,1-2H3. The van der Waals surface area contributed by atoms with Crippen LogP contribution in [-0.2, 0) is 6.54 Å². The summed E-state index contributed by atoms with van der Waals surface area (Å²) in [7, 11) is 3.62. The van der Waals surface area contributed by atoms with Gasteiger partial charge in [0, 0.05) is 18.3 Å². The monoisotopic (exact) mass is 295 g/mol. The predicted octanol–water partition coefficient (Wildman–Crippen LogP) is 3.38. The van der Waals surface area contributed by atoms with Gasteiger partial charge < -0.3 is 14.1 Å². The molecule has 3 aromatic rings. The zero-order valence-corrected chi connectivity index (χ0v) is 12.6. The number of nitrogens with zero attached hydrogens (tertiary/aromatic N) is 3. The van der Waals surface area contributed by atoms with Crippen molar-refractivity contribution in [2.24, 2.45) is 0 Å². The first-order valence-corrected chi connectivity index (χ1v) is 6.99. The van der Waals surface area contributed by atoms with Gasteiger partial charge >= 0.3 is 0 Å². The van der Waals surface area contributed by atoms with Crippen LogP contribution in [0.2, 0.25) is 0 Å². The maximum Gasteiger partial charge on any atom is 0.247 e. The minimum atomic E-state index is 0.496. The highest BCUT2D eigenvalue weighted by molar-refractivity contribution is 5.55. The first kappa shape index (κ1) is 14.1. The van der Waals surface area contributed by atoms with Crippen molar-refractivity contribution >= 4 is 5.69 Å². The minimum Gasteiger partial charge on any atom is -0.497 e. The quantitative estimate of drug-likeness (QED) is 0.722. The number of anilines is 1. The number of ether oxygens (including phenoxy) is 1. The smallest absolute Gasteiger partial charge is 0.247 e. The highest BCUT2D eigenvalue weighted by Crippen LogP contribution is 2.23. The molecule has 0 N–H and O–H groups in total. The third-order valence-corrected chi connectivity index (χ3v) is 3.35. The number of para-hydroxylation sites is 1. The summed E-state index contributed by atoms with van der Waals surface area (Å²) < 4.78 is 10.9. The lowest BCUT2D eigenvalue weighted by Gasteiger charge is -2.16. The number of methoxy groups -OCH3 is 1. The molecule has 0 amide bonds. The average molecular weight is 295 g/mol. The summed E-state index contributed by atoms with van der Waals surface area (Å²) in [5, 5.41) is 8.22. The van der Waals surface area contributed by atoms with Crippen molar-refractivity contribution in [1.29, 1.82) is 0 Å². The lowest BCUT2D eigenvalue weighted by atomic mass is 10.2. The van der Waals surface area contributed by atoms with Crippen LogP contribution in [-0.4, -0.2) is 24.4 Å². The third kappa shape index (κ3) is 3.09. The topological polar surface area (TPSA) is 51.4 Å². The molecule has 3 rings (SSSR count). The van der Waals surface area contributed by atoms with Gasteiger partial charge in [0.1, 0.15) is 5.75 Å². The Labute approximate surface area is 129 Å². The maximum absolute atomic E-state index is 5.74. The Balaban J connectivity index is 1.76. The van der Waals surface area contributed by atoms with Crippen molar-refractivity contribution < 1.29 is 9.15 Å². The number of hydrogen-bond donors (Lipinski definition) is 0. The number of rotatable bonds is 5. The normalized spacial score (nSPS) is 10.5. The highest BCUT2D eigenvalue weighted by atomic mass is 16.5. The van der Waals surface area contributed by atoms with E-state index in [4.69, 9.17) is 9.15 Å². The molecule has 0 aliphatic heterocycles. The van der Waals surface area contributed by atoms with Gasteiger partial charge in [-0.15, -0.1) is 10.2 Å². The fourth-order valence-electron chi connectivity index (χ4n) is 2.17. The Morgan fingerprint density at radius 3 is 2.64 bits per heavy atom. The molecule has 0 saturated heterocycles. The second-order valence-corrected chi connectivity index (χ2v) is 4.92. The summed E-state index contributed by atoms with van der Waals surface area (Å²) in [6.45, 7) is 0.557. The molecule has 0 saturated carbocycles. The Morgan fingerprint density at radius 2 is 1.86 bits per heavy atom. The van der Waals surface area contributed by atoms with Gasteiger partial charge in [0.25, 0.3) is 0 Å². The van der Waals surface area contributed by atoms with Crippen molar-refractivity contribution in [3.63, 3.8) is 0 Å². The summed E-state index contributed by atoms with van der Waals surface area (Å²) in [6, 6.07) is 17.6. The van der Waals surface area contributed by atoms with Crippen LogP contribution in [0.25, 0.3) is 11.5 Å². The highest BCUT2D eigenvalue weighted by Gasteiger charge is 2.11.